The minimum absolute atomic E-state index is 0.0508. The van der Waals surface area contributed by atoms with Gasteiger partial charge in [-0.2, -0.15) is 0 Å². The molecule has 0 radical (unpaired) electrons. The normalized spacial score (nSPS) is 11.9. The van der Waals surface area contributed by atoms with Gasteiger partial charge < -0.3 is 14.8 Å². The Kier molecular flexibility index (Phi) is 8.82. The highest BCUT2D eigenvalue weighted by atomic mass is 16.5. The Labute approximate surface area is 168 Å². The number of nitrogens with one attached hydrogen (secondary N) is 1. The van der Waals surface area contributed by atoms with E-state index in [2.05, 4.69) is 36.2 Å². The van der Waals surface area contributed by atoms with Crippen molar-refractivity contribution in [3.63, 3.8) is 0 Å². The molecule has 0 aliphatic carbocycles. The molecule has 2 rings (SSSR count). The second-order valence-electron chi connectivity index (χ2n) is 6.67. The molecule has 0 spiro atoms. The van der Waals surface area contributed by atoms with Gasteiger partial charge in [-0.05, 0) is 42.8 Å². The minimum Gasteiger partial charge on any atom is -0.497 e. The van der Waals surface area contributed by atoms with Crippen LogP contribution in [0, 0.1) is 0 Å². The van der Waals surface area contributed by atoms with Gasteiger partial charge in [-0.25, -0.2) is 0 Å². The van der Waals surface area contributed by atoms with Gasteiger partial charge in [0.25, 0.3) is 0 Å². The molecule has 1 N–H and O–H groups in total. The largest absolute Gasteiger partial charge is 0.497 e. The molecule has 0 aromatic heterocycles. The third kappa shape index (κ3) is 6.27. The van der Waals surface area contributed by atoms with Crippen molar-refractivity contribution in [2.45, 2.75) is 32.7 Å². The van der Waals surface area contributed by atoms with Gasteiger partial charge in [0.15, 0.2) is 0 Å². The van der Waals surface area contributed by atoms with E-state index >= 15 is 0 Å². The van der Waals surface area contributed by atoms with Crippen LogP contribution in [0.4, 0.5) is 0 Å². The van der Waals surface area contributed by atoms with Crippen molar-refractivity contribution in [3.8, 4) is 11.5 Å². The minimum atomic E-state index is 0.0508. The molecule has 0 fully saturated rings. The standard InChI is InChI=1S/C23H32N2O3/c1-5-25(6-2)22(19-10-8-7-9-11-19)17-24-23(26)13-12-18-14-20(27-3)16-21(15-18)28-4/h7-11,14-16,22H,5-6,12-13,17H2,1-4H3,(H,24,26)/t22-/m0/s1. The first-order valence-corrected chi connectivity index (χ1v) is 9.88. The number of aryl methyl sites for hydroxylation is 1. The van der Waals surface area contributed by atoms with Gasteiger partial charge >= 0.3 is 0 Å². The van der Waals surface area contributed by atoms with Crippen molar-refractivity contribution in [1.29, 1.82) is 0 Å². The maximum absolute atomic E-state index is 12.5. The molecule has 1 amide bonds. The molecular weight excluding hydrogens is 352 g/mol. The van der Waals surface area contributed by atoms with E-state index < -0.39 is 0 Å². The predicted octanol–water partition coefficient (Wildman–Crippen LogP) is 3.84. The van der Waals surface area contributed by atoms with Crippen molar-refractivity contribution in [3.05, 3.63) is 59.7 Å². The molecule has 0 aliphatic rings. The van der Waals surface area contributed by atoms with E-state index in [1.807, 2.05) is 36.4 Å². The van der Waals surface area contributed by atoms with Crippen LogP contribution in [-0.4, -0.2) is 44.7 Å². The third-order valence-electron chi connectivity index (χ3n) is 4.98. The van der Waals surface area contributed by atoms with Crippen molar-refractivity contribution >= 4 is 5.91 Å². The van der Waals surface area contributed by atoms with E-state index in [9.17, 15) is 4.79 Å². The number of nitrogens with zero attached hydrogens (tertiary/aromatic N) is 1. The molecular formula is C23H32N2O3. The Morgan fingerprint density at radius 2 is 1.61 bits per heavy atom. The smallest absolute Gasteiger partial charge is 0.220 e. The van der Waals surface area contributed by atoms with Gasteiger partial charge in [0.05, 0.1) is 20.3 Å². The number of hydrogen-bond donors (Lipinski definition) is 1. The summed E-state index contributed by atoms with van der Waals surface area (Å²) < 4.78 is 10.6. The Balaban J connectivity index is 1.96. The maximum atomic E-state index is 12.5. The topological polar surface area (TPSA) is 50.8 Å². The number of carbonyl (C=O) groups excluding carboxylic acids is 1. The summed E-state index contributed by atoms with van der Waals surface area (Å²) in [4.78, 5) is 14.8. The molecule has 2 aromatic carbocycles. The molecule has 0 bridgehead atoms. The monoisotopic (exact) mass is 384 g/mol. The van der Waals surface area contributed by atoms with E-state index in [0.29, 0.717) is 19.4 Å². The molecule has 0 aliphatic heterocycles. The number of methoxy groups -OCH3 is 2. The Morgan fingerprint density at radius 3 is 2.14 bits per heavy atom. The fourth-order valence-electron chi connectivity index (χ4n) is 3.36. The highest BCUT2D eigenvalue weighted by Gasteiger charge is 2.18. The number of likely N-dealkylation sites (N-methyl/N-ethyl adjacent to an activating group) is 1. The number of ether oxygens (including phenoxy) is 2. The molecule has 0 heterocycles. The van der Waals surface area contributed by atoms with E-state index in [0.717, 1.165) is 30.2 Å². The summed E-state index contributed by atoms with van der Waals surface area (Å²) in [5.41, 5.74) is 2.25. The summed E-state index contributed by atoms with van der Waals surface area (Å²) in [6, 6.07) is 16.2. The van der Waals surface area contributed by atoms with Crippen LogP contribution < -0.4 is 14.8 Å². The second-order valence-corrected chi connectivity index (χ2v) is 6.67. The number of amides is 1. The SMILES string of the molecule is CCN(CC)[C@@H](CNC(=O)CCc1cc(OC)cc(OC)c1)c1ccccc1. The molecule has 0 saturated carbocycles. The van der Waals surface area contributed by atoms with Crippen LogP contribution in [0.1, 0.15) is 37.4 Å². The van der Waals surface area contributed by atoms with Crippen molar-refractivity contribution < 1.29 is 14.3 Å². The summed E-state index contributed by atoms with van der Waals surface area (Å²) in [5.74, 6) is 1.52. The van der Waals surface area contributed by atoms with Crippen LogP contribution in [0.3, 0.4) is 0 Å². The van der Waals surface area contributed by atoms with Gasteiger partial charge in [0.1, 0.15) is 11.5 Å². The van der Waals surface area contributed by atoms with Gasteiger partial charge in [-0.15, -0.1) is 0 Å². The second kappa shape index (κ2) is 11.3. The first-order valence-electron chi connectivity index (χ1n) is 9.88. The van der Waals surface area contributed by atoms with Crippen molar-refractivity contribution in [2.75, 3.05) is 33.9 Å². The summed E-state index contributed by atoms with van der Waals surface area (Å²) in [6.45, 7) is 6.78. The Hall–Kier alpha value is -2.53. The average Bonchev–Trinajstić information content (AvgIpc) is 2.75. The fourth-order valence-corrected chi connectivity index (χ4v) is 3.36. The van der Waals surface area contributed by atoms with Crippen molar-refractivity contribution in [1.82, 2.24) is 10.2 Å². The van der Waals surface area contributed by atoms with Crippen LogP contribution in [0.15, 0.2) is 48.5 Å². The van der Waals surface area contributed by atoms with Crippen LogP contribution in [-0.2, 0) is 11.2 Å². The zero-order valence-electron chi connectivity index (χ0n) is 17.4. The number of hydrogen-bond acceptors (Lipinski definition) is 4. The zero-order valence-corrected chi connectivity index (χ0v) is 17.4. The lowest BCUT2D eigenvalue weighted by Gasteiger charge is -2.30. The van der Waals surface area contributed by atoms with Crippen LogP contribution in [0.5, 0.6) is 11.5 Å². The first-order chi connectivity index (χ1) is 13.6. The molecule has 1 atom stereocenters. The average molecular weight is 385 g/mol. The van der Waals surface area contributed by atoms with E-state index in [-0.39, 0.29) is 11.9 Å². The summed E-state index contributed by atoms with van der Waals surface area (Å²) >= 11 is 0. The summed E-state index contributed by atoms with van der Waals surface area (Å²) in [6.07, 6.45) is 1.07. The van der Waals surface area contributed by atoms with E-state index in [4.69, 9.17) is 9.47 Å². The first kappa shape index (κ1) is 21.8. The predicted molar refractivity (Wildman–Crippen MR) is 113 cm³/mol. The molecule has 0 saturated heterocycles. The lowest BCUT2D eigenvalue weighted by Crippen LogP contribution is -2.38. The molecule has 152 valence electrons. The molecule has 28 heavy (non-hydrogen) atoms. The van der Waals surface area contributed by atoms with Gasteiger partial charge in [-0.3, -0.25) is 9.69 Å². The number of rotatable bonds is 11. The Bertz CT molecular complexity index is 708. The maximum Gasteiger partial charge on any atom is 0.220 e. The van der Waals surface area contributed by atoms with Crippen LogP contribution in [0.25, 0.3) is 0 Å². The fraction of sp³-hybridized carbons (Fsp3) is 0.435. The van der Waals surface area contributed by atoms with E-state index in [1.54, 1.807) is 14.2 Å². The summed E-state index contributed by atoms with van der Waals surface area (Å²) in [7, 11) is 3.25. The lowest BCUT2D eigenvalue weighted by molar-refractivity contribution is -0.121. The van der Waals surface area contributed by atoms with E-state index in [1.165, 1.54) is 5.56 Å². The quantitative estimate of drug-likeness (QED) is 0.640. The van der Waals surface area contributed by atoms with Crippen molar-refractivity contribution in [2.24, 2.45) is 0 Å². The molecule has 0 unspecified atom stereocenters. The van der Waals surface area contributed by atoms with Gasteiger partial charge in [-0.1, -0.05) is 44.2 Å². The van der Waals surface area contributed by atoms with Gasteiger partial charge in [0, 0.05) is 19.0 Å². The highest BCUT2D eigenvalue weighted by Crippen LogP contribution is 2.23. The molecule has 2 aromatic rings. The molecule has 5 heteroatoms. The Morgan fingerprint density at radius 1 is 1.00 bits per heavy atom. The van der Waals surface area contributed by atoms with Gasteiger partial charge in [0.2, 0.25) is 5.91 Å². The zero-order chi connectivity index (χ0) is 20.4. The summed E-state index contributed by atoms with van der Waals surface area (Å²) in [5, 5.41) is 3.11. The number of carbonyl (C=O) groups is 1. The van der Waals surface area contributed by atoms with Crippen LogP contribution >= 0.6 is 0 Å². The highest BCUT2D eigenvalue weighted by molar-refractivity contribution is 5.76. The molecule has 5 nitrogen and oxygen atoms in total. The number of benzene rings is 2. The third-order valence-corrected chi connectivity index (χ3v) is 4.98. The van der Waals surface area contributed by atoms with Crippen LogP contribution in [0.2, 0.25) is 0 Å². The lowest BCUT2D eigenvalue weighted by atomic mass is 10.0.